The van der Waals surface area contributed by atoms with Crippen LogP contribution in [0, 0.1) is 0 Å². The first-order chi connectivity index (χ1) is 10.4. The highest BCUT2D eigenvalue weighted by Gasteiger charge is 2.15. The molecule has 1 aliphatic heterocycles. The van der Waals surface area contributed by atoms with Gasteiger partial charge in [0.2, 0.25) is 0 Å². The van der Waals surface area contributed by atoms with Gasteiger partial charge in [0.05, 0.1) is 0 Å². The molecule has 0 saturated carbocycles. The monoisotopic (exact) mass is 319 g/mol. The van der Waals surface area contributed by atoms with E-state index in [1.54, 1.807) is 30.4 Å². The van der Waals surface area contributed by atoms with Crippen LogP contribution < -0.4 is 0 Å². The van der Waals surface area contributed by atoms with E-state index in [9.17, 15) is 13.2 Å². The lowest BCUT2D eigenvalue weighted by Gasteiger charge is -2.17. The Labute approximate surface area is 130 Å². The Morgan fingerprint density at radius 3 is 2.36 bits per heavy atom. The van der Waals surface area contributed by atoms with Gasteiger partial charge in [0.1, 0.15) is 5.75 Å². The number of rotatable bonds is 4. The number of hydrogen-bond acceptors (Lipinski definition) is 4. The van der Waals surface area contributed by atoms with Crippen LogP contribution in [0.1, 0.15) is 6.92 Å². The molecule has 0 unspecified atom stereocenters. The minimum atomic E-state index is -4.20. The fourth-order valence-corrected chi connectivity index (χ4v) is 2.72. The second kappa shape index (κ2) is 6.72. The molecule has 1 aliphatic carbocycles. The number of hydrogen-bond donors (Lipinski definition) is 1. The molecule has 1 heterocycles. The lowest BCUT2D eigenvalue weighted by atomic mass is 10.0. The number of nitrogens with zero attached hydrogens (tertiary/aromatic N) is 1. The van der Waals surface area contributed by atoms with Gasteiger partial charge in [-0.25, -0.2) is 0 Å². The van der Waals surface area contributed by atoms with E-state index in [1.807, 2.05) is 24.2 Å². The molecule has 0 aromatic heterocycles. The van der Waals surface area contributed by atoms with Gasteiger partial charge < -0.3 is 4.90 Å². The first-order valence-electron chi connectivity index (χ1n) is 6.80. The fourth-order valence-electron chi connectivity index (χ4n) is 2.07. The van der Waals surface area contributed by atoms with Gasteiger partial charge in [0.25, 0.3) is 10.1 Å². The third-order valence-corrected chi connectivity index (χ3v) is 3.89. The molecule has 2 aliphatic rings. The summed E-state index contributed by atoms with van der Waals surface area (Å²) in [6, 6.07) is 0. The van der Waals surface area contributed by atoms with Crippen LogP contribution in [0.5, 0.6) is 0 Å². The van der Waals surface area contributed by atoms with Crippen LogP contribution in [0.2, 0.25) is 0 Å². The summed E-state index contributed by atoms with van der Waals surface area (Å²) in [6.07, 6.45) is 15.0. The van der Waals surface area contributed by atoms with Crippen molar-refractivity contribution >= 4 is 15.9 Å². The zero-order chi connectivity index (χ0) is 16.2. The van der Waals surface area contributed by atoms with Gasteiger partial charge in [-0.05, 0) is 42.4 Å². The van der Waals surface area contributed by atoms with Gasteiger partial charge in [-0.1, -0.05) is 18.2 Å². The maximum absolute atomic E-state index is 11.8. The molecule has 0 bridgehead atoms. The zero-order valence-corrected chi connectivity index (χ0v) is 13.0. The average Bonchev–Trinajstić information content (AvgIpc) is 2.47. The van der Waals surface area contributed by atoms with E-state index in [4.69, 9.17) is 4.55 Å². The van der Waals surface area contributed by atoms with Crippen LogP contribution in [0.3, 0.4) is 0 Å². The van der Waals surface area contributed by atoms with Crippen molar-refractivity contribution in [2.75, 3.05) is 12.3 Å². The molecule has 116 valence electrons. The molecule has 0 aromatic carbocycles. The minimum absolute atomic E-state index is 0.199. The highest BCUT2D eigenvalue weighted by atomic mass is 32.2. The Bertz CT molecular complexity index is 733. The average molecular weight is 319 g/mol. The molecule has 0 fully saturated rings. The molecule has 0 atom stereocenters. The zero-order valence-electron chi connectivity index (χ0n) is 12.1. The molecule has 0 spiro atoms. The van der Waals surface area contributed by atoms with Crippen LogP contribution in [-0.4, -0.2) is 36.0 Å². The molecular formula is C16H17NO4S. The van der Waals surface area contributed by atoms with Crippen LogP contribution in [-0.2, 0) is 14.9 Å². The van der Waals surface area contributed by atoms with Crippen molar-refractivity contribution in [3.05, 3.63) is 71.7 Å². The Morgan fingerprint density at radius 2 is 1.82 bits per heavy atom. The van der Waals surface area contributed by atoms with Crippen LogP contribution >= 0.6 is 0 Å². The van der Waals surface area contributed by atoms with E-state index in [0.717, 1.165) is 6.54 Å². The lowest BCUT2D eigenvalue weighted by molar-refractivity contribution is -0.111. The molecule has 0 saturated heterocycles. The van der Waals surface area contributed by atoms with Crippen LogP contribution in [0.4, 0.5) is 0 Å². The summed E-state index contributed by atoms with van der Waals surface area (Å²) in [5, 5.41) is 0. The molecule has 1 N–H and O–H groups in total. The second-order valence-corrected chi connectivity index (χ2v) is 6.30. The summed E-state index contributed by atoms with van der Waals surface area (Å²) in [5.41, 5.74) is 1.40. The number of allylic oxidation sites excluding steroid dienone is 9. The molecular weight excluding hydrogens is 302 g/mol. The van der Waals surface area contributed by atoms with E-state index in [0.29, 0.717) is 16.7 Å². The Morgan fingerprint density at radius 1 is 1.18 bits per heavy atom. The summed E-state index contributed by atoms with van der Waals surface area (Å²) in [7, 11) is -4.20. The molecule has 0 amide bonds. The molecule has 0 aromatic rings. The molecule has 5 nitrogen and oxygen atoms in total. The van der Waals surface area contributed by atoms with Gasteiger partial charge in [-0.3, -0.25) is 9.35 Å². The van der Waals surface area contributed by atoms with Crippen molar-refractivity contribution < 1.29 is 17.8 Å². The first-order valence-corrected chi connectivity index (χ1v) is 8.41. The molecule has 0 radical (unpaired) electrons. The summed E-state index contributed by atoms with van der Waals surface area (Å²) in [4.78, 5) is 13.7. The van der Waals surface area contributed by atoms with E-state index < -0.39 is 15.9 Å². The predicted molar refractivity (Wildman–Crippen MR) is 85.5 cm³/mol. The largest absolute Gasteiger partial charge is 0.354 e. The van der Waals surface area contributed by atoms with Gasteiger partial charge in [-0.2, -0.15) is 8.42 Å². The minimum Gasteiger partial charge on any atom is -0.354 e. The Kier molecular flexibility index (Phi) is 4.95. The summed E-state index contributed by atoms with van der Waals surface area (Å²) < 4.78 is 31.6. The normalized spacial score (nSPS) is 19.4. The molecule has 6 heteroatoms. The number of ketones is 1. The first kappa shape index (κ1) is 16.2. The van der Waals surface area contributed by atoms with E-state index in [1.165, 1.54) is 12.2 Å². The standard InChI is InChI=1S/C16H17NO4S/c1-2-17-9-7-13(8-10-17)15(12-22(19,20)21)11-14-5-3-4-6-16(14)18/h3-11H,2,12H2,1H3,(H,19,20,21)/b14-11-. The third kappa shape index (κ3) is 4.41. The van der Waals surface area contributed by atoms with Crippen LogP contribution in [0.25, 0.3) is 0 Å². The van der Waals surface area contributed by atoms with Crippen molar-refractivity contribution in [3.8, 4) is 0 Å². The smallest absolute Gasteiger partial charge is 0.269 e. The maximum Gasteiger partial charge on any atom is 0.269 e. The number of carbonyl (C=O) groups is 1. The van der Waals surface area contributed by atoms with Gasteiger partial charge in [-0.15, -0.1) is 0 Å². The molecule has 2 rings (SSSR count). The highest BCUT2D eigenvalue weighted by molar-refractivity contribution is 7.86. The third-order valence-electron chi connectivity index (χ3n) is 3.21. The molecule has 22 heavy (non-hydrogen) atoms. The summed E-state index contributed by atoms with van der Waals surface area (Å²) >= 11 is 0. The Balaban J connectivity index is 2.43. The Hall–Kier alpha value is -2.18. The van der Waals surface area contributed by atoms with Crippen molar-refractivity contribution in [1.82, 2.24) is 4.90 Å². The maximum atomic E-state index is 11.8. The topological polar surface area (TPSA) is 74.7 Å². The van der Waals surface area contributed by atoms with Gasteiger partial charge >= 0.3 is 0 Å². The van der Waals surface area contributed by atoms with Crippen molar-refractivity contribution in [2.45, 2.75) is 6.92 Å². The summed E-state index contributed by atoms with van der Waals surface area (Å²) in [6.45, 7) is 2.78. The second-order valence-electron chi connectivity index (χ2n) is 4.85. The van der Waals surface area contributed by atoms with Crippen molar-refractivity contribution in [2.24, 2.45) is 0 Å². The quantitative estimate of drug-likeness (QED) is 0.635. The summed E-state index contributed by atoms with van der Waals surface area (Å²) in [5.74, 6) is -0.743. The van der Waals surface area contributed by atoms with E-state index in [2.05, 4.69) is 0 Å². The fraction of sp³-hybridized carbons (Fsp3) is 0.188. The van der Waals surface area contributed by atoms with Crippen LogP contribution in [0.15, 0.2) is 71.7 Å². The van der Waals surface area contributed by atoms with E-state index >= 15 is 0 Å². The van der Waals surface area contributed by atoms with Gasteiger partial charge in [0.15, 0.2) is 5.78 Å². The van der Waals surface area contributed by atoms with Gasteiger partial charge in [0, 0.05) is 24.5 Å². The van der Waals surface area contributed by atoms with Crippen molar-refractivity contribution in [1.29, 1.82) is 0 Å². The highest BCUT2D eigenvalue weighted by Crippen LogP contribution is 2.19. The predicted octanol–water partition coefficient (Wildman–Crippen LogP) is 2.16. The number of carbonyl (C=O) groups excluding carboxylic acids is 1. The lowest BCUT2D eigenvalue weighted by Crippen LogP contribution is -2.13. The SMILES string of the molecule is CCN1C=CC(=C(/C=C2/C=CC=CC2=O)CS(=O)(=O)O)C=C1. The van der Waals surface area contributed by atoms with E-state index in [-0.39, 0.29) is 5.78 Å². The van der Waals surface area contributed by atoms with Crippen molar-refractivity contribution in [3.63, 3.8) is 0 Å².